The lowest BCUT2D eigenvalue weighted by molar-refractivity contribution is -0.121. The van der Waals surface area contributed by atoms with E-state index in [2.05, 4.69) is 10.5 Å². The van der Waals surface area contributed by atoms with E-state index in [0.717, 1.165) is 33.4 Å². The van der Waals surface area contributed by atoms with E-state index >= 15 is 0 Å². The Labute approximate surface area is 186 Å². The maximum atomic E-state index is 12.6. The Bertz CT molecular complexity index is 1040. The molecule has 2 aromatic rings. The van der Waals surface area contributed by atoms with Crippen LogP contribution in [0.5, 0.6) is 11.5 Å². The summed E-state index contributed by atoms with van der Waals surface area (Å²) in [5.41, 5.74) is 3.53. The Kier molecular flexibility index (Phi) is 7.45. The van der Waals surface area contributed by atoms with Gasteiger partial charge in [0.05, 0.1) is 25.3 Å². The third-order valence-corrected chi connectivity index (χ3v) is 7.03. The minimum absolute atomic E-state index is 0.234. The molecular formula is C21H25N3O5S2. The van der Waals surface area contributed by atoms with Gasteiger partial charge in [-0.3, -0.25) is 9.10 Å². The molecule has 1 saturated heterocycles. The number of thioether (sulfide) groups is 1. The van der Waals surface area contributed by atoms with E-state index < -0.39 is 22.0 Å². The zero-order chi connectivity index (χ0) is 22.4. The topological polar surface area (TPSA) is 97.3 Å². The minimum Gasteiger partial charge on any atom is -0.497 e. The standard InChI is InChI=1S/C21H25N3O5S2/c1-15(24(31(3,26)27)17-7-9-18(28-2)10-8-17)21(25)23-22-12-16-5-4-6-19(11-16)29-20-13-30-14-20/h4-12,15,20H,13-14H2,1-3H3,(H,23,25)/b22-12-/t15-/m0/s1. The summed E-state index contributed by atoms with van der Waals surface area (Å²) in [4.78, 5) is 12.6. The molecule has 8 nitrogen and oxygen atoms in total. The fourth-order valence-electron chi connectivity index (χ4n) is 2.94. The summed E-state index contributed by atoms with van der Waals surface area (Å²) in [6.45, 7) is 1.50. The molecule has 0 bridgehead atoms. The number of rotatable bonds is 9. The van der Waals surface area contributed by atoms with Crippen LogP contribution in [0.2, 0.25) is 0 Å². The first kappa shape index (κ1) is 23.0. The van der Waals surface area contributed by atoms with Gasteiger partial charge < -0.3 is 9.47 Å². The number of sulfonamides is 1. The molecule has 0 radical (unpaired) electrons. The van der Waals surface area contributed by atoms with Crippen LogP contribution in [0.1, 0.15) is 12.5 Å². The fourth-order valence-corrected chi connectivity index (χ4v) is 4.68. The summed E-state index contributed by atoms with van der Waals surface area (Å²) in [6, 6.07) is 12.8. The lowest BCUT2D eigenvalue weighted by atomic mass is 10.2. The van der Waals surface area contributed by atoms with Gasteiger partial charge in [0, 0.05) is 11.5 Å². The number of hydrogen-bond acceptors (Lipinski definition) is 7. The largest absolute Gasteiger partial charge is 0.497 e. The number of ether oxygens (including phenoxy) is 2. The normalized spacial score (nSPS) is 15.2. The van der Waals surface area contributed by atoms with Crippen molar-refractivity contribution in [2.75, 3.05) is 29.2 Å². The summed E-state index contributed by atoms with van der Waals surface area (Å²) >= 11 is 1.84. The number of carbonyl (C=O) groups is 1. The van der Waals surface area contributed by atoms with Gasteiger partial charge in [0.2, 0.25) is 10.0 Å². The quantitative estimate of drug-likeness (QED) is 0.453. The van der Waals surface area contributed by atoms with Crippen LogP contribution in [0.15, 0.2) is 53.6 Å². The molecule has 31 heavy (non-hydrogen) atoms. The molecule has 1 amide bonds. The van der Waals surface area contributed by atoms with Gasteiger partial charge in [0.15, 0.2) is 0 Å². The van der Waals surface area contributed by atoms with Gasteiger partial charge in [-0.2, -0.15) is 16.9 Å². The van der Waals surface area contributed by atoms with Gasteiger partial charge >= 0.3 is 0 Å². The number of amides is 1. The van der Waals surface area contributed by atoms with Gasteiger partial charge in [-0.15, -0.1) is 0 Å². The highest BCUT2D eigenvalue weighted by Crippen LogP contribution is 2.25. The van der Waals surface area contributed by atoms with Crippen molar-refractivity contribution in [1.29, 1.82) is 0 Å². The van der Waals surface area contributed by atoms with Crippen molar-refractivity contribution in [3.05, 3.63) is 54.1 Å². The number of methoxy groups -OCH3 is 1. The molecule has 0 saturated carbocycles. The van der Waals surface area contributed by atoms with Crippen molar-refractivity contribution >= 4 is 39.6 Å². The molecule has 1 N–H and O–H groups in total. The summed E-state index contributed by atoms with van der Waals surface area (Å²) < 4.78 is 36.7. The molecule has 1 aliphatic heterocycles. The van der Waals surface area contributed by atoms with Crippen LogP contribution >= 0.6 is 11.8 Å². The predicted molar refractivity (Wildman–Crippen MR) is 124 cm³/mol. The smallest absolute Gasteiger partial charge is 0.263 e. The maximum absolute atomic E-state index is 12.6. The van der Waals surface area contributed by atoms with Crippen LogP contribution in [0.25, 0.3) is 0 Å². The Hall–Kier alpha value is -2.72. The van der Waals surface area contributed by atoms with Crippen LogP contribution in [0.3, 0.4) is 0 Å². The molecule has 0 aromatic heterocycles. The summed E-state index contributed by atoms with van der Waals surface area (Å²) in [5.74, 6) is 2.74. The monoisotopic (exact) mass is 463 g/mol. The zero-order valence-corrected chi connectivity index (χ0v) is 19.2. The molecule has 2 aromatic carbocycles. The fraction of sp³-hybridized carbons (Fsp3) is 0.333. The molecule has 1 aliphatic rings. The lowest BCUT2D eigenvalue weighted by Gasteiger charge is -2.27. The van der Waals surface area contributed by atoms with Crippen molar-refractivity contribution in [2.24, 2.45) is 5.10 Å². The lowest BCUT2D eigenvalue weighted by Crippen LogP contribution is -2.46. The highest BCUT2D eigenvalue weighted by Gasteiger charge is 2.29. The van der Waals surface area contributed by atoms with Crippen molar-refractivity contribution in [3.8, 4) is 11.5 Å². The first-order valence-electron chi connectivity index (χ1n) is 9.59. The summed E-state index contributed by atoms with van der Waals surface area (Å²) in [6.07, 6.45) is 2.78. The van der Waals surface area contributed by atoms with E-state index in [-0.39, 0.29) is 6.10 Å². The average molecular weight is 464 g/mol. The second kappa shape index (κ2) is 10.1. The number of anilines is 1. The minimum atomic E-state index is -3.71. The molecule has 1 atom stereocenters. The summed E-state index contributed by atoms with van der Waals surface area (Å²) in [7, 11) is -2.19. The molecular weight excluding hydrogens is 438 g/mol. The van der Waals surface area contributed by atoms with Gasteiger partial charge in [-0.25, -0.2) is 13.8 Å². The third-order valence-electron chi connectivity index (χ3n) is 4.57. The molecule has 3 rings (SSSR count). The molecule has 0 spiro atoms. The second-order valence-corrected chi connectivity index (χ2v) is 9.95. The maximum Gasteiger partial charge on any atom is 0.263 e. The molecule has 166 valence electrons. The van der Waals surface area contributed by atoms with Crippen molar-refractivity contribution in [2.45, 2.75) is 19.1 Å². The van der Waals surface area contributed by atoms with E-state index in [0.29, 0.717) is 11.4 Å². The number of nitrogens with zero attached hydrogens (tertiary/aromatic N) is 2. The van der Waals surface area contributed by atoms with Crippen molar-refractivity contribution < 1.29 is 22.7 Å². The Morgan fingerprint density at radius 1 is 1.23 bits per heavy atom. The molecule has 10 heteroatoms. The SMILES string of the molecule is COc1ccc(N([C@@H](C)C(=O)N/N=C\c2cccc(OC3CSC3)c2)S(C)(=O)=O)cc1. The van der Waals surface area contributed by atoms with Gasteiger partial charge in [-0.05, 0) is 48.9 Å². The number of hydrogen-bond donors (Lipinski definition) is 1. The Morgan fingerprint density at radius 2 is 1.94 bits per heavy atom. The first-order chi connectivity index (χ1) is 14.8. The molecule has 0 unspecified atom stereocenters. The number of hydrazone groups is 1. The Morgan fingerprint density at radius 3 is 2.52 bits per heavy atom. The average Bonchev–Trinajstić information content (AvgIpc) is 2.70. The first-order valence-corrected chi connectivity index (χ1v) is 12.6. The number of carbonyl (C=O) groups excluding carboxylic acids is 1. The van der Waals surface area contributed by atoms with E-state index in [1.165, 1.54) is 20.2 Å². The highest BCUT2D eigenvalue weighted by molar-refractivity contribution is 8.00. The van der Waals surface area contributed by atoms with Gasteiger partial charge in [0.1, 0.15) is 23.6 Å². The van der Waals surface area contributed by atoms with E-state index in [1.807, 2.05) is 36.0 Å². The number of nitrogens with one attached hydrogen (secondary N) is 1. The van der Waals surface area contributed by atoms with Crippen molar-refractivity contribution in [3.63, 3.8) is 0 Å². The highest BCUT2D eigenvalue weighted by atomic mass is 32.2. The van der Waals surface area contributed by atoms with Gasteiger partial charge in [0.25, 0.3) is 5.91 Å². The van der Waals surface area contributed by atoms with E-state index in [4.69, 9.17) is 9.47 Å². The van der Waals surface area contributed by atoms with Gasteiger partial charge in [-0.1, -0.05) is 12.1 Å². The molecule has 1 fully saturated rings. The van der Waals surface area contributed by atoms with E-state index in [9.17, 15) is 13.2 Å². The Balaban J connectivity index is 1.66. The second-order valence-electron chi connectivity index (χ2n) is 7.02. The van der Waals surface area contributed by atoms with Crippen LogP contribution in [0, 0.1) is 0 Å². The zero-order valence-electron chi connectivity index (χ0n) is 17.5. The molecule has 1 heterocycles. The van der Waals surface area contributed by atoms with Crippen LogP contribution in [0.4, 0.5) is 5.69 Å². The predicted octanol–water partition coefficient (Wildman–Crippen LogP) is 2.49. The third kappa shape index (κ3) is 6.14. The molecule has 0 aliphatic carbocycles. The van der Waals surface area contributed by atoms with Crippen LogP contribution in [-0.2, 0) is 14.8 Å². The van der Waals surface area contributed by atoms with E-state index in [1.54, 1.807) is 24.3 Å². The number of benzene rings is 2. The van der Waals surface area contributed by atoms with Crippen LogP contribution < -0.4 is 19.2 Å². The van der Waals surface area contributed by atoms with Crippen molar-refractivity contribution in [1.82, 2.24) is 5.43 Å². The van der Waals surface area contributed by atoms with Crippen LogP contribution in [-0.4, -0.2) is 57.6 Å². The summed E-state index contributed by atoms with van der Waals surface area (Å²) in [5, 5.41) is 3.98.